The first kappa shape index (κ1) is 13.6. The van der Waals surface area contributed by atoms with Crippen molar-refractivity contribution in [2.24, 2.45) is 23.2 Å². The fraction of sp³-hybridized carbons (Fsp3) is 0.882. The molecule has 0 spiro atoms. The molecule has 3 atom stereocenters. The summed E-state index contributed by atoms with van der Waals surface area (Å²) < 4.78 is 0. The van der Waals surface area contributed by atoms with E-state index in [-0.39, 0.29) is 11.3 Å². The lowest BCUT2D eigenvalue weighted by Crippen LogP contribution is -2.55. The minimum absolute atomic E-state index is 0.149. The van der Waals surface area contributed by atoms with Gasteiger partial charge >= 0.3 is 0 Å². The van der Waals surface area contributed by atoms with E-state index in [0.717, 1.165) is 25.7 Å². The Kier molecular flexibility index (Phi) is 3.05. The molecular weight excluding hydrogens is 266 g/mol. The van der Waals surface area contributed by atoms with Gasteiger partial charge in [0.2, 0.25) is 5.91 Å². The van der Waals surface area contributed by atoms with Crippen LogP contribution >= 0.6 is 0 Å². The Morgan fingerprint density at radius 2 is 1.57 bits per heavy atom. The number of hydrogen-bond donors (Lipinski definition) is 0. The molecule has 0 radical (unpaired) electrons. The van der Waals surface area contributed by atoms with Gasteiger partial charge in [-0.3, -0.25) is 4.79 Å². The molecule has 0 unspecified atom stereocenters. The quantitative estimate of drug-likeness (QED) is 0.771. The van der Waals surface area contributed by atoms with Crippen molar-refractivity contribution < 1.29 is 14.7 Å². The van der Waals surface area contributed by atoms with E-state index in [1.54, 1.807) is 4.90 Å². The van der Waals surface area contributed by atoms with Gasteiger partial charge in [-0.25, -0.2) is 0 Å². The number of fused-ring (bicyclic) bond motifs is 1. The van der Waals surface area contributed by atoms with Crippen LogP contribution in [0.1, 0.15) is 57.8 Å². The summed E-state index contributed by atoms with van der Waals surface area (Å²) >= 11 is 0. The van der Waals surface area contributed by atoms with Crippen LogP contribution < -0.4 is 5.11 Å². The van der Waals surface area contributed by atoms with Gasteiger partial charge in [0.05, 0.1) is 17.4 Å². The number of likely N-dealkylation sites (tertiary alicyclic amines) is 1. The molecule has 4 aliphatic carbocycles. The molecule has 21 heavy (non-hydrogen) atoms. The van der Waals surface area contributed by atoms with Crippen LogP contribution in [0.15, 0.2) is 0 Å². The molecule has 5 aliphatic rings. The number of amides is 1. The summed E-state index contributed by atoms with van der Waals surface area (Å²) in [6.45, 7) is 0.610. The van der Waals surface area contributed by atoms with E-state index < -0.39 is 12.0 Å². The van der Waals surface area contributed by atoms with Crippen molar-refractivity contribution in [3.8, 4) is 0 Å². The Bertz CT molecular complexity index is 459. The standard InChI is InChI=1S/C17H25NO3/c19-15(20)14-2-1-5-18(14)16(21)17-8-11-3-4-12(9-17)7-13(6-11)10-17/h11-14H,1-10H2,(H,19,20)/p-1/t11-,12-,13?,14-,17?/m1/s1. The minimum atomic E-state index is -1.07. The largest absolute Gasteiger partial charge is 0.548 e. The molecule has 5 rings (SSSR count). The summed E-state index contributed by atoms with van der Waals surface area (Å²) in [5.41, 5.74) is -0.231. The van der Waals surface area contributed by atoms with Crippen molar-refractivity contribution in [1.29, 1.82) is 0 Å². The molecule has 5 fully saturated rings. The molecule has 0 aromatic carbocycles. The fourth-order valence-electron chi connectivity index (χ4n) is 6.01. The monoisotopic (exact) mass is 290 g/mol. The topological polar surface area (TPSA) is 60.4 Å². The van der Waals surface area contributed by atoms with Gasteiger partial charge in [0.15, 0.2) is 0 Å². The van der Waals surface area contributed by atoms with Crippen LogP contribution in [0, 0.1) is 23.2 Å². The third-order valence-corrected chi connectivity index (χ3v) is 6.59. The highest BCUT2D eigenvalue weighted by Gasteiger charge is 2.54. The second kappa shape index (κ2) is 4.72. The Hall–Kier alpha value is -1.06. The number of hydrogen-bond acceptors (Lipinski definition) is 3. The van der Waals surface area contributed by atoms with Gasteiger partial charge in [0.25, 0.3) is 0 Å². The minimum Gasteiger partial charge on any atom is -0.548 e. The average molecular weight is 290 g/mol. The maximum Gasteiger partial charge on any atom is 0.229 e. The molecule has 1 heterocycles. The summed E-state index contributed by atoms with van der Waals surface area (Å²) in [4.78, 5) is 26.2. The van der Waals surface area contributed by atoms with Gasteiger partial charge in [0, 0.05) is 6.54 Å². The second-order valence-corrected chi connectivity index (χ2v) is 8.02. The lowest BCUT2D eigenvalue weighted by molar-refractivity contribution is -0.310. The van der Waals surface area contributed by atoms with Crippen molar-refractivity contribution in [3.05, 3.63) is 0 Å². The molecule has 1 saturated heterocycles. The summed E-state index contributed by atoms with van der Waals surface area (Å²) in [5.74, 6) is 1.19. The van der Waals surface area contributed by atoms with E-state index in [1.807, 2.05) is 0 Å². The third kappa shape index (κ3) is 2.09. The predicted molar refractivity (Wildman–Crippen MR) is 75.0 cm³/mol. The van der Waals surface area contributed by atoms with Crippen molar-refractivity contribution in [2.45, 2.75) is 63.8 Å². The summed E-state index contributed by atoms with van der Waals surface area (Å²) in [6, 6.07) is -0.674. The summed E-state index contributed by atoms with van der Waals surface area (Å²) in [6.07, 6.45) is 9.56. The highest BCUT2D eigenvalue weighted by molar-refractivity contribution is 5.88. The van der Waals surface area contributed by atoms with Gasteiger partial charge in [-0.2, -0.15) is 0 Å². The predicted octanol–water partition coefficient (Wildman–Crippen LogP) is 1.33. The van der Waals surface area contributed by atoms with E-state index in [9.17, 15) is 14.7 Å². The molecule has 4 saturated carbocycles. The SMILES string of the molecule is O=C([O-])[C@H]1CCCN1C(=O)C12CC3C[C@@H](CC[C@H](C3)C1)C2. The number of carbonyl (C=O) groups is 2. The molecule has 4 nitrogen and oxygen atoms in total. The zero-order valence-corrected chi connectivity index (χ0v) is 12.6. The first-order valence-corrected chi connectivity index (χ1v) is 8.59. The van der Waals surface area contributed by atoms with Crippen molar-refractivity contribution in [3.63, 3.8) is 0 Å². The Labute approximate surface area is 125 Å². The van der Waals surface area contributed by atoms with Crippen LogP contribution in [0.25, 0.3) is 0 Å². The van der Waals surface area contributed by atoms with Gasteiger partial charge in [-0.15, -0.1) is 0 Å². The number of carboxylic acids is 1. The number of nitrogens with zero attached hydrogens (tertiary/aromatic N) is 1. The molecule has 0 aromatic rings. The number of aliphatic carboxylic acids is 1. The van der Waals surface area contributed by atoms with Crippen molar-refractivity contribution >= 4 is 11.9 Å². The maximum absolute atomic E-state index is 13.2. The molecule has 4 heteroatoms. The van der Waals surface area contributed by atoms with Crippen molar-refractivity contribution in [1.82, 2.24) is 4.90 Å². The zero-order valence-electron chi connectivity index (χ0n) is 12.6. The van der Waals surface area contributed by atoms with Gasteiger partial charge in [-0.1, -0.05) is 12.8 Å². The fourth-order valence-corrected chi connectivity index (χ4v) is 6.01. The zero-order chi connectivity index (χ0) is 14.6. The van der Waals surface area contributed by atoms with E-state index in [4.69, 9.17) is 0 Å². The average Bonchev–Trinajstić information content (AvgIpc) is 2.83. The van der Waals surface area contributed by atoms with Gasteiger partial charge in [0.1, 0.15) is 0 Å². The number of carbonyl (C=O) groups excluding carboxylic acids is 2. The highest BCUT2D eigenvalue weighted by Crippen LogP contribution is 2.58. The molecule has 4 bridgehead atoms. The van der Waals surface area contributed by atoms with Crippen molar-refractivity contribution in [2.75, 3.05) is 6.54 Å². The number of rotatable bonds is 2. The van der Waals surface area contributed by atoms with E-state index in [0.29, 0.717) is 30.7 Å². The lowest BCUT2D eigenvalue weighted by atomic mass is 9.58. The molecule has 0 N–H and O–H groups in total. The first-order valence-electron chi connectivity index (χ1n) is 8.59. The molecule has 0 aromatic heterocycles. The van der Waals surface area contributed by atoms with Crippen LogP contribution in [0.4, 0.5) is 0 Å². The van der Waals surface area contributed by atoms with Crippen LogP contribution in [-0.4, -0.2) is 29.4 Å². The third-order valence-electron chi connectivity index (χ3n) is 6.59. The smallest absolute Gasteiger partial charge is 0.229 e. The second-order valence-electron chi connectivity index (χ2n) is 8.02. The molecule has 1 amide bonds. The summed E-state index contributed by atoms with van der Waals surface area (Å²) in [7, 11) is 0. The van der Waals surface area contributed by atoms with Crippen LogP contribution in [0.5, 0.6) is 0 Å². The molecular formula is C17H24NO3-. The van der Waals surface area contributed by atoms with Crippen LogP contribution in [-0.2, 0) is 9.59 Å². The maximum atomic E-state index is 13.2. The first-order chi connectivity index (χ1) is 10.1. The van der Waals surface area contributed by atoms with E-state index >= 15 is 0 Å². The lowest BCUT2D eigenvalue weighted by Gasteiger charge is -2.49. The van der Waals surface area contributed by atoms with E-state index in [2.05, 4.69) is 0 Å². The molecule has 116 valence electrons. The van der Waals surface area contributed by atoms with Gasteiger partial charge in [-0.05, 0) is 62.7 Å². The number of carboxylic acid groups (broad SMARTS) is 1. The van der Waals surface area contributed by atoms with Crippen LogP contribution in [0.3, 0.4) is 0 Å². The summed E-state index contributed by atoms with van der Waals surface area (Å²) in [5, 5.41) is 11.3. The highest BCUT2D eigenvalue weighted by atomic mass is 16.4. The normalized spacial score (nSPS) is 44.9. The van der Waals surface area contributed by atoms with E-state index in [1.165, 1.54) is 25.7 Å². The Morgan fingerprint density at radius 3 is 2.19 bits per heavy atom. The Balaban J connectivity index is 1.62. The van der Waals surface area contributed by atoms with Crippen LogP contribution in [0.2, 0.25) is 0 Å². The molecule has 1 aliphatic heterocycles. The van der Waals surface area contributed by atoms with Gasteiger partial charge < -0.3 is 14.8 Å². The Morgan fingerprint density at radius 1 is 0.952 bits per heavy atom.